The van der Waals surface area contributed by atoms with Gasteiger partial charge in [0.05, 0.1) is 5.41 Å². The van der Waals surface area contributed by atoms with Gasteiger partial charge in [-0.05, 0) is 37.1 Å². The molecule has 2 fully saturated rings. The van der Waals surface area contributed by atoms with Gasteiger partial charge < -0.3 is 14.7 Å². The van der Waals surface area contributed by atoms with Gasteiger partial charge in [0.1, 0.15) is 11.9 Å². The summed E-state index contributed by atoms with van der Waals surface area (Å²) in [7, 11) is 0. The third kappa shape index (κ3) is 3.36. The number of esters is 1. The molecule has 2 aliphatic rings. The number of phenols is 1. The van der Waals surface area contributed by atoms with E-state index in [4.69, 9.17) is 4.74 Å². The van der Waals surface area contributed by atoms with Crippen LogP contribution in [0, 0.1) is 5.41 Å². The Morgan fingerprint density at radius 2 is 1.75 bits per heavy atom. The van der Waals surface area contributed by atoms with Gasteiger partial charge in [0.25, 0.3) is 0 Å². The van der Waals surface area contributed by atoms with Gasteiger partial charge in [0.15, 0.2) is 0 Å². The molecule has 3 rings (SSSR count). The van der Waals surface area contributed by atoms with Crippen molar-refractivity contribution < 1.29 is 14.6 Å². The topological polar surface area (TPSA) is 53.0 Å². The smallest absolute Gasteiger partial charge is 0.312 e. The summed E-state index contributed by atoms with van der Waals surface area (Å²) in [4.78, 5) is 16.9. The van der Waals surface area contributed by atoms with Gasteiger partial charge in [-0.25, -0.2) is 0 Å². The van der Waals surface area contributed by atoms with Crippen LogP contribution in [0.25, 0.3) is 0 Å². The van der Waals surface area contributed by atoms with Gasteiger partial charge in [0, 0.05) is 44.8 Å². The van der Waals surface area contributed by atoms with E-state index in [-0.39, 0.29) is 17.5 Å². The Balaban J connectivity index is 1.51. The molecule has 1 aromatic rings. The Morgan fingerprint density at radius 3 is 2.29 bits per heavy atom. The Hall–Kier alpha value is -1.75. The third-order valence-corrected chi connectivity index (χ3v) is 5.73. The fourth-order valence-electron chi connectivity index (χ4n) is 3.91. The fraction of sp³-hybridized carbons (Fsp3) is 0.632. The molecule has 1 N–H and O–H groups in total. The molecule has 0 spiro atoms. The van der Waals surface area contributed by atoms with E-state index in [1.54, 1.807) is 12.1 Å². The number of cyclic esters (lactones) is 1. The molecule has 1 unspecified atom stereocenters. The molecule has 0 aliphatic carbocycles. The number of aromatic hydroxyl groups is 1. The summed E-state index contributed by atoms with van der Waals surface area (Å²) in [6, 6.07) is 7.38. The maximum atomic E-state index is 12.2. The number of hydrogen-bond donors (Lipinski definition) is 1. The zero-order chi connectivity index (χ0) is 17.2. The molecule has 2 heterocycles. The number of piperazine rings is 1. The average Bonchev–Trinajstić information content (AvgIpc) is 2.92. The molecule has 1 aromatic carbocycles. The number of ether oxygens (including phenoxy) is 1. The van der Waals surface area contributed by atoms with Crippen LogP contribution in [0.3, 0.4) is 0 Å². The van der Waals surface area contributed by atoms with Crippen LogP contribution in [0.4, 0.5) is 5.69 Å². The zero-order valence-corrected chi connectivity index (χ0v) is 14.7. The van der Waals surface area contributed by atoms with Crippen molar-refractivity contribution in [1.82, 2.24) is 4.90 Å². The second-order valence-electron chi connectivity index (χ2n) is 7.02. The molecule has 5 nitrogen and oxygen atoms in total. The van der Waals surface area contributed by atoms with Gasteiger partial charge in [-0.15, -0.1) is 0 Å². The summed E-state index contributed by atoms with van der Waals surface area (Å²) in [5, 5.41) is 9.39. The minimum Gasteiger partial charge on any atom is -0.508 e. The Kier molecular flexibility index (Phi) is 4.99. The minimum atomic E-state index is -0.251. The highest BCUT2D eigenvalue weighted by Gasteiger charge is 2.46. The fourth-order valence-corrected chi connectivity index (χ4v) is 3.91. The molecule has 0 bridgehead atoms. The van der Waals surface area contributed by atoms with Crippen LogP contribution in [0.5, 0.6) is 5.75 Å². The maximum absolute atomic E-state index is 12.2. The first-order valence-corrected chi connectivity index (χ1v) is 9.04. The molecule has 0 amide bonds. The van der Waals surface area contributed by atoms with E-state index in [0.29, 0.717) is 5.75 Å². The third-order valence-electron chi connectivity index (χ3n) is 5.73. The summed E-state index contributed by atoms with van der Waals surface area (Å²) in [5.74, 6) is 0.302. The highest BCUT2D eigenvalue weighted by atomic mass is 16.6. The summed E-state index contributed by atoms with van der Waals surface area (Å²) in [6.07, 6.45) is 2.63. The first-order valence-electron chi connectivity index (χ1n) is 9.04. The SMILES string of the molecule is CCC1(CC)CC(CN2CCN(c3ccc(O)cc3)CC2)OC1=O. The summed E-state index contributed by atoms with van der Waals surface area (Å²) in [6.45, 7) is 8.88. The number of nitrogens with zero attached hydrogens (tertiary/aromatic N) is 2. The standard InChI is InChI=1S/C19H28N2O3/c1-3-19(4-2)13-17(24-18(19)23)14-20-9-11-21(12-10-20)15-5-7-16(22)8-6-15/h5-8,17,22H,3-4,9-14H2,1-2H3. The molecule has 2 saturated heterocycles. The van der Waals surface area contributed by atoms with E-state index >= 15 is 0 Å². The largest absolute Gasteiger partial charge is 0.508 e. The lowest BCUT2D eigenvalue weighted by atomic mass is 9.79. The molecule has 132 valence electrons. The normalized spacial score (nSPS) is 24.2. The van der Waals surface area contributed by atoms with Crippen molar-refractivity contribution >= 4 is 11.7 Å². The molecule has 0 aromatic heterocycles. The lowest BCUT2D eigenvalue weighted by Gasteiger charge is -2.37. The lowest BCUT2D eigenvalue weighted by Crippen LogP contribution is -2.48. The van der Waals surface area contributed by atoms with Gasteiger partial charge in [0.2, 0.25) is 0 Å². The second-order valence-corrected chi connectivity index (χ2v) is 7.02. The first kappa shape index (κ1) is 17.1. The van der Waals surface area contributed by atoms with E-state index in [9.17, 15) is 9.90 Å². The van der Waals surface area contributed by atoms with Crippen molar-refractivity contribution in [2.24, 2.45) is 5.41 Å². The zero-order valence-electron chi connectivity index (χ0n) is 14.7. The van der Waals surface area contributed by atoms with Crippen LogP contribution in [0.2, 0.25) is 0 Å². The number of phenolic OH excluding ortho intramolecular Hbond substituents is 1. The van der Waals surface area contributed by atoms with Crippen LogP contribution in [0.15, 0.2) is 24.3 Å². The van der Waals surface area contributed by atoms with Crippen molar-refractivity contribution in [1.29, 1.82) is 0 Å². The van der Waals surface area contributed by atoms with E-state index in [1.165, 1.54) is 0 Å². The van der Waals surface area contributed by atoms with Crippen LogP contribution in [-0.2, 0) is 9.53 Å². The average molecular weight is 332 g/mol. The summed E-state index contributed by atoms with van der Waals surface area (Å²) < 4.78 is 5.66. The molecule has 1 atom stereocenters. The van der Waals surface area contributed by atoms with E-state index < -0.39 is 0 Å². The van der Waals surface area contributed by atoms with Gasteiger partial charge in [-0.2, -0.15) is 0 Å². The molecule has 5 heteroatoms. The van der Waals surface area contributed by atoms with E-state index in [1.807, 2.05) is 12.1 Å². The lowest BCUT2D eigenvalue weighted by molar-refractivity contribution is -0.149. The highest BCUT2D eigenvalue weighted by molar-refractivity contribution is 5.79. The Bertz CT molecular complexity index is 560. The molecular weight excluding hydrogens is 304 g/mol. The molecule has 0 saturated carbocycles. The predicted octanol–water partition coefficient (Wildman–Crippen LogP) is 2.64. The first-order chi connectivity index (χ1) is 11.6. The number of carbonyl (C=O) groups excluding carboxylic acids is 1. The van der Waals surface area contributed by atoms with Crippen LogP contribution in [-0.4, -0.2) is 54.8 Å². The minimum absolute atomic E-state index is 0.000212. The van der Waals surface area contributed by atoms with E-state index in [0.717, 1.165) is 57.7 Å². The highest BCUT2D eigenvalue weighted by Crippen LogP contribution is 2.40. The molecular formula is C19H28N2O3. The van der Waals surface area contributed by atoms with Crippen molar-refractivity contribution in [3.05, 3.63) is 24.3 Å². The number of hydrogen-bond acceptors (Lipinski definition) is 5. The number of carbonyl (C=O) groups is 1. The van der Waals surface area contributed by atoms with Crippen LogP contribution in [0.1, 0.15) is 33.1 Å². The Morgan fingerprint density at radius 1 is 1.12 bits per heavy atom. The van der Waals surface area contributed by atoms with E-state index in [2.05, 4.69) is 23.6 Å². The van der Waals surface area contributed by atoms with Gasteiger partial charge in [-0.1, -0.05) is 13.8 Å². The summed E-state index contributed by atoms with van der Waals surface area (Å²) >= 11 is 0. The second kappa shape index (κ2) is 7.01. The number of benzene rings is 1. The van der Waals surface area contributed by atoms with Gasteiger partial charge in [-0.3, -0.25) is 9.69 Å². The number of rotatable bonds is 5. The van der Waals surface area contributed by atoms with Gasteiger partial charge >= 0.3 is 5.97 Å². The quantitative estimate of drug-likeness (QED) is 0.840. The summed E-state index contributed by atoms with van der Waals surface area (Å²) in [5.41, 5.74) is 0.897. The predicted molar refractivity (Wildman–Crippen MR) is 94.3 cm³/mol. The van der Waals surface area contributed by atoms with Crippen LogP contribution < -0.4 is 4.90 Å². The van der Waals surface area contributed by atoms with Crippen molar-refractivity contribution in [2.75, 3.05) is 37.6 Å². The van der Waals surface area contributed by atoms with Crippen LogP contribution >= 0.6 is 0 Å². The van der Waals surface area contributed by atoms with Crippen molar-refractivity contribution in [3.63, 3.8) is 0 Å². The van der Waals surface area contributed by atoms with Crippen molar-refractivity contribution in [2.45, 2.75) is 39.2 Å². The molecule has 0 radical (unpaired) electrons. The molecule has 24 heavy (non-hydrogen) atoms. The number of anilines is 1. The molecule has 2 aliphatic heterocycles. The van der Waals surface area contributed by atoms with Crippen molar-refractivity contribution in [3.8, 4) is 5.75 Å². The maximum Gasteiger partial charge on any atom is 0.312 e. The Labute approximate surface area is 144 Å². The monoisotopic (exact) mass is 332 g/mol.